The Kier molecular flexibility index (Phi) is 6.44. The van der Waals surface area contributed by atoms with Crippen LogP contribution in [0.25, 0.3) is 22.2 Å². The van der Waals surface area contributed by atoms with Crippen LogP contribution in [0.4, 0.5) is 0 Å². The van der Waals surface area contributed by atoms with Crippen molar-refractivity contribution in [1.82, 2.24) is 14.5 Å². The highest BCUT2D eigenvalue weighted by molar-refractivity contribution is 6.31. The van der Waals surface area contributed by atoms with Gasteiger partial charge in [0, 0.05) is 17.3 Å². The van der Waals surface area contributed by atoms with Crippen LogP contribution >= 0.6 is 11.6 Å². The van der Waals surface area contributed by atoms with Gasteiger partial charge < -0.3 is 14.4 Å². The molecule has 0 unspecified atom stereocenters. The van der Waals surface area contributed by atoms with Crippen molar-refractivity contribution >= 4 is 28.6 Å². The van der Waals surface area contributed by atoms with E-state index in [1.54, 1.807) is 0 Å². The maximum absolute atomic E-state index is 11.2. The van der Waals surface area contributed by atoms with Crippen LogP contribution < -0.4 is 4.74 Å². The third-order valence-corrected chi connectivity index (χ3v) is 6.50. The lowest BCUT2D eigenvalue weighted by molar-refractivity contribution is 0.0696. The standard InChI is InChI=1S/C29H24ClN3O3/c1-18-12-20(17-36-27-15-23(29(34)35)10-11-31-27)13-26-28(18)32-19(2)33(26)16-24-9-8-22(14-25(24)30)21-6-4-3-5-7-21/h3-15H,16-17H2,1-2H3,(H,34,35). The number of ether oxygens (including phenoxy) is 1. The van der Waals surface area contributed by atoms with E-state index in [9.17, 15) is 9.90 Å². The number of pyridine rings is 1. The molecule has 0 atom stereocenters. The van der Waals surface area contributed by atoms with Crippen molar-refractivity contribution in [2.24, 2.45) is 0 Å². The minimum Gasteiger partial charge on any atom is -0.478 e. The number of carboxylic acid groups (broad SMARTS) is 1. The van der Waals surface area contributed by atoms with Crippen molar-refractivity contribution in [3.63, 3.8) is 0 Å². The summed E-state index contributed by atoms with van der Waals surface area (Å²) in [5, 5.41) is 9.90. The van der Waals surface area contributed by atoms with E-state index in [-0.39, 0.29) is 18.1 Å². The van der Waals surface area contributed by atoms with Crippen molar-refractivity contribution in [2.45, 2.75) is 27.0 Å². The Bertz CT molecular complexity index is 1580. The topological polar surface area (TPSA) is 77.2 Å². The highest BCUT2D eigenvalue weighted by Gasteiger charge is 2.14. The number of nitrogens with zero attached hydrogens (tertiary/aromatic N) is 3. The minimum absolute atomic E-state index is 0.135. The van der Waals surface area contributed by atoms with E-state index in [4.69, 9.17) is 21.3 Å². The second-order valence-corrected chi connectivity index (χ2v) is 9.08. The maximum atomic E-state index is 11.2. The van der Waals surface area contributed by atoms with Gasteiger partial charge in [-0.05, 0) is 59.9 Å². The molecule has 180 valence electrons. The molecule has 6 nitrogen and oxygen atoms in total. The number of hydrogen-bond donors (Lipinski definition) is 1. The number of carbonyl (C=O) groups is 1. The molecule has 1 N–H and O–H groups in total. The summed E-state index contributed by atoms with van der Waals surface area (Å²) in [6, 6.07) is 23.3. The number of aromatic carboxylic acids is 1. The summed E-state index contributed by atoms with van der Waals surface area (Å²) < 4.78 is 7.95. The molecule has 36 heavy (non-hydrogen) atoms. The highest BCUT2D eigenvalue weighted by atomic mass is 35.5. The number of carboxylic acids is 1. The molecule has 0 saturated carbocycles. The number of hydrogen-bond acceptors (Lipinski definition) is 4. The molecule has 0 aliphatic carbocycles. The first-order valence-electron chi connectivity index (χ1n) is 11.5. The van der Waals surface area contributed by atoms with Crippen LogP contribution in [-0.4, -0.2) is 25.6 Å². The zero-order chi connectivity index (χ0) is 25.2. The van der Waals surface area contributed by atoms with Gasteiger partial charge in [-0.3, -0.25) is 0 Å². The van der Waals surface area contributed by atoms with Crippen LogP contribution in [0, 0.1) is 13.8 Å². The fourth-order valence-corrected chi connectivity index (χ4v) is 4.54. The SMILES string of the molecule is Cc1cc(COc2cc(C(=O)O)ccn2)cc2c1nc(C)n2Cc1ccc(-c2ccccc2)cc1Cl. The Morgan fingerprint density at radius 2 is 1.81 bits per heavy atom. The van der Waals surface area contributed by atoms with Gasteiger partial charge in [-0.15, -0.1) is 0 Å². The molecular formula is C29H24ClN3O3. The van der Waals surface area contributed by atoms with Gasteiger partial charge in [0.05, 0.1) is 23.1 Å². The number of aromatic nitrogens is 3. The average Bonchev–Trinajstić information content (AvgIpc) is 3.20. The molecule has 0 amide bonds. The monoisotopic (exact) mass is 497 g/mol. The second kappa shape index (κ2) is 9.84. The summed E-state index contributed by atoms with van der Waals surface area (Å²) in [7, 11) is 0. The van der Waals surface area contributed by atoms with E-state index >= 15 is 0 Å². The number of fused-ring (bicyclic) bond motifs is 1. The number of imidazole rings is 1. The van der Waals surface area contributed by atoms with E-state index in [2.05, 4.69) is 39.9 Å². The van der Waals surface area contributed by atoms with Crippen LogP contribution in [-0.2, 0) is 13.2 Å². The Morgan fingerprint density at radius 1 is 1.00 bits per heavy atom. The third-order valence-electron chi connectivity index (χ3n) is 6.15. The van der Waals surface area contributed by atoms with E-state index in [1.165, 1.54) is 18.3 Å². The van der Waals surface area contributed by atoms with Gasteiger partial charge in [0.1, 0.15) is 12.4 Å². The molecule has 2 heterocycles. The number of benzene rings is 3. The van der Waals surface area contributed by atoms with Crippen LogP contribution in [0.15, 0.2) is 79.0 Å². The first kappa shape index (κ1) is 23.6. The Labute approximate surface area is 213 Å². The molecule has 7 heteroatoms. The molecule has 2 aromatic heterocycles. The molecule has 5 aromatic rings. The third kappa shape index (κ3) is 4.81. The largest absolute Gasteiger partial charge is 0.478 e. The van der Waals surface area contributed by atoms with Crippen molar-refractivity contribution in [2.75, 3.05) is 0 Å². The summed E-state index contributed by atoms with van der Waals surface area (Å²) in [5.74, 6) is 0.141. The lowest BCUT2D eigenvalue weighted by Gasteiger charge is -2.12. The highest BCUT2D eigenvalue weighted by Crippen LogP contribution is 2.29. The molecule has 0 bridgehead atoms. The van der Waals surface area contributed by atoms with Gasteiger partial charge in [0.2, 0.25) is 5.88 Å². The lowest BCUT2D eigenvalue weighted by Crippen LogP contribution is -2.04. The molecular weight excluding hydrogens is 474 g/mol. The number of rotatable bonds is 7. The molecule has 0 spiro atoms. The van der Waals surface area contributed by atoms with Gasteiger partial charge in [0.25, 0.3) is 0 Å². The smallest absolute Gasteiger partial charge is 0.335 e. The summed E-state index contributed by atoms with van der Waals surface area (Å²) >= 11 is 6.71. The van der Waals surface area contributed by atoms with Crippen molar-refractivity contribution in [3.05, 3.63) is 112 Å². The quantitative estimate of drug-likeness (QED) is 0.271. The Balaban J connectivity index is 1.43. The Hall–Kier alpha value is -4.16. The summed E-state index contributed by atoms with van der Waals surface area (Å²) in [4.78, 5) is 20.1. The molecule has 3 aromatic carbocycles. The number of halogens is 1. The molecule has 0 aliphatic heterocycles. The predicted octanol–water partition coefficient (Wildman–Crippen LogP) is 6.69. The zero-order valence-electron chi connectivity index (χ0n) is 19.9. The second-order valence-electron chi connectivity index (χ2n) is 8.67. The molecule has 0 aliphatic rings. The normalized spacial score (nSPS) is 11.1. The fourth-order valence-electron chi connectivity index (χ4n) is 4.30. The van der Waals surface area contributed by atoms with Gasteiger partial charge in [-0.1, -0.05) is 60.1 Å². The van der Waals surface area contributed by atoms with Gasteiger partial charge in [-0.2, -0.15) is 0 Å². The first-order valence-corrected chi connectivity index (χ1v) is 11.9. The molecule has 5 rings (SSSR count). The molecule has 0 fully saturated rings. The summed E-state index contributed by atoms with van der Waals surface area (Å²) in [5.41, 5.74) is 7.23. The predicted molar refractivity (Wildman–Crippen MR) is 141 cm³/mol. The van der Waals surface area contributed by atoms with E-state index in [0.29, 0.717) is 11.6 Å². The zero-order valence-corrected chi connectivity index (χ0v) is 20.7. The van der Waals surface area contributed by atoms with Crippen LogP contribution in [0.1, 0.15) is 32.9 Å². The summed E-state index contributed by atoms with van der Waals surface area (Å²) in [6.07, 6.45) is 1.43. The summed E-state index contributed by atoms with van der Waals surface area (Å²) in [6.45, 7) is 4.85. The van der Waals surface area contributed by atoms with Crippen LogP contribution in [0.2, 0.25) is 5.02 Å². The van der Waals surface area contributed by atoms with E-state index < -0.39 is 5.97 Å². The molecule has 0 radical (unpaired) electrons. The van der Waals surface area contributed by atoms with Crippen LogP contribution in [0.5, 0.6) is 5.88 Å². The minimum atomic E-state index is -1.02. The average molecular weight is 498 g/mol. The van der Waals surface area contributed by atoms with Crippen LogP contribution in [0.3, 0.4) is 0 Å². The van der Waals surface area contributed by atoms with Gasteiger partial charge in [0.15, 0.2) is 0 Å². The van der Waals surface area contributed by atoms with Gasteiger partial charge >= 0.3 is 5.97 Å². The van der Waals surface area contributed by atoms with Gasteiger partial charge in [-0.25, -0.2) is 14.8 Å². The first-order chi connectivity index (χ1) is 17.4. The van der Waals surface area contributed by atoms with E-state index in [0.717, 1.165) is 44.7 Å². The Morgan fingerprint density at radius 3 is 2.56 bits per heavy atom. The van der Waals surface area contributed by atoms with Crippen molar-refractivity contribution < 1.29 is 14.6 Å². The fraction of sp³-hybridized carbons (Fsp3) is 0.138. The van der Waals surface area contributed by atoms with Crippen molar-refractivity contribution in [1.29, 1.82) is 0 Å². The molecule has 0 saturated heterocycles. The van der Waals surface area contributed by atoms with Crippen molar-refractivity contribution in [3.8, 4) is 17.0 Å². The lowest BCUT2D eigenvalue weighted by atomic mass is 10.0. The number of aryl methyl sites for hydroxylation is 2. The maximum Gasteiger partial charge on any atom is 0.335 e. The van der Waals surface area contributed by atoms with E-state index in [1.807, 2.05) is 44.2 Å².